The molecule has 0 saturated heterocycles. The van der Waals surface area contributed by atoms with Crippen LogP contribution >= 0.6 is 17.0 Å². The Labute approximate surface area is 52.6 Å². The van der Waals surface area contributed by atoms with E-state index in [-0.39, 0.29) is 17.0 Å². The first kappa shape index (κ1) is 10.5. The molecule has 6 heteroatoms. The van der Waals surface area contributed by atoms with Crippen molar-refractivity contribution in [1.29, 1.82) is 0 Å². The second-order valence-electron chi connectivity index (χ2n) is 0.778. The Kier molecular flexibility index (Phi) is 5.29. The molecule has 0 bridgehead atoms. The van der Waals surface area contributed by atoms with Gasteiger partial charge in [0.25, 0.3) is 0 Å². The molecule has 0 aliphatic rings. The van der Waals surface area contributed by atoms with Crippen LogP contribution < -0.4 is 0 Å². The lowest BCUT2D eigenvalue weighted by molar-refractivity contribution is 0.0881. The Morgan fingerprint density at radius 3 is 1.43 bits per heavy atom. The van der Waals surface area contributed by atoms with Crippen LogP contribution in [0.5, 0.6) is 0 Å². The molecule has 0 rings (SSSR count). The molecular weight excluding hydrogens is 184 g/mol. The van der Waals surface area contributed by atoms with Crippen molar-refractivity contribution in [3.8, 4) is 0 Å². The zero-order chi connectivity index (χ0) is 5.21. The van der Waals surface area contributed by atoms with Crippen molar-refractivity contribution < 1.29 is 18.8 Å². The van der Waals surface area contributed by atoms with Crippen molar-refractivity contribution in [2.24, 2.45) is 0 Å². The van der Waals surface area contributed by atoms with E-state index in [9.17, 15) is 0 Å². The van der Waals surface area contributed by atoms with Gasteiger partial charge in [0, 0.05) is 7.11 Å². The van der Waals surface area contributed by atoms with E-state index in [2.05, 4.69) is 4.43 Å². The summed E-state index contributed by atoms with van der Waals surface area (Å²) >= 11 is 0. The van der Waals surface area contributed by atoms with E-state index < -0.39 is 9.05 Å². The number of hydrogen-bond acceptors (Lipinski definition) is 4. The Morgan fingerprint density at radius 2 is 1.43 bits per heavy atom. The van der Waals surface area contributed by atoms with Gasteiger partial charge in [-0.3, -0.25) is 0 Å². The zero-order valence-electron chi connectivity index (χ0n) is 3.66. The molecule has 46 valence electrons. The third kappa shape index (κ3) is 10.8. The van der Waals surface area contributed by atoms with Crippen LogP contribution in [0.25, 0.3) is 0 Å². The number of rotatable bonds is 1. The Bertz CT molecular complexity index is 41.4. The van der Waals surface area contributed by atoms with Gasteiger partial charge in [-0.1, -0.05) is 0 Å². The first-order valence-corrected chi connectivity index (χ1v) is 3.03. The third-order valence-electron chi connectivity index (χ3n) is 0.274. The summed E-state index contributed by atoms with van der Waals surface area (Å²) < 4.78 is 3.74. The fraction of sp³-hybridized carbons (Fsp3) is 1.00. The number of hydrogen-bond donors (Lipinski definition) is 3. The van der Waals surface area contributed by atoms with E-state index in [0.29, 0.717) is 0 Å². The summed E-state index contributed by atoms with van der Waals surface area (Å²) in [5.74, 6) is 0. The second kappa shape index (κ2) is 3.53. The lowest BCUT2D eigenvalue weighted by Gasteiger charge is -2.01. The molecule has 0 aromatic carbocycles. The van der Waals surface area contributed by atoms with E-state index in [1.54, 1.807) is 0 Å². The molecule has 0 saturated carbocycles. The smallest absolute Gasteiger partial charge is 0.368 e. The molecule has 0 fully saturated rings. The maximum Gasteiger partial charge on any atom is 0.671 e. The first-order chi connectivity index (χ1) is 2.56. The molecule has 4 nitrogen and oxygen atoms in total. The molecule has 0 unspecified atom stereocenters. The topological polar surface area (TPSA) is 69.9 Å². The van der Waals surface area contributed by atoms with Gasteiger partial charge in [-0.2, -0.15) is 0 Å². The SMILES string of the molecule is Br.CO[Si](O)(O)O. The quantitative estimate of drug-likeness (QED) is 0.447. The summed E-state index contributed by atoms with van der Waals surface area (Å²) in [4.78, 5) is 23.6. The summed E-state index contributed by atoms with van der Waals surface area (Å²) in [5, 5.41) is 0. The van der Waals surface area contributed by atoms with Crippen molar-refractivity contribution >= 4 is 26.0 Å². The van der Waals surface area contributed by atoms with E-state index in [0.717, 1.165) is 7.11 Å². The molecular formula is CH7BrO4Si. The van der Waals surface area contributed by atoms with Crippen LogP contribution in [0.2, 0.25) is 0 Å². The van der Waals surface area contributed by atoms with Crippen molar-refractivity contribution in [1.82, 2.24) is 0 Å². The highest BCUT2D eigenvalue weighted by molar-refractivity contribution is 8.93. The molecule has 7 heavy (non-hydrogen) atoms. The third-order valence-corrected chi connectivity index (χ3v) is 0.822. The summed E-state index contributed by atoms with van der Waals surface area (Å²) in [6.07, 6.45) is 0. The van der Waals surface area contributed by atoms with Gasteiger partial charge in [-0.15, -0.1) is 17.0 Å². The predicted octanol–water partition coefficient (Wildman–Crippen LogP) is -1.38. The second-order valence-corrected chi connectivity index (χ2v) is 2.33. The largest absolute Gasteiger partial charge is 0.671 e. The van der Waals surface area contributed by atoms with Crippen LogP contribution in [0, 0.1) is 0 Å². The van der Waals surface area contributed by atoms with E-state index >= 15 is 0 Å². The Morgan fingerprint density at radius 1 is 1.29 bits per heavy atom. The molecule has 0 radical (unpaired) electrons. The molecule has 0 amide bonds. The number of halogens is 1. The normalized spacial score (nSPS) is 10.3. The summed E-state index contributed by atoms with van der Waals surface area (Å²) in [6.45, 7) is 0. The van der Waals surface area contributed by atoms with Crippen LogP contribution in [-0.4, -0.2) is 30.5 Å². The maximum absolute atomic E-state index is 7.85. The predicted molar refractivity (Wildman–Crippen MR) is 29.7 cm³/mol. The van der Waals surface area contributed by atoms with Gasteiger partial charge < -0.3 is 18.8 Å². The van der Waals surface area contributed by atoms with Gasteiger partial charge in [-0.05, 0) is 0 Å². The highest BCUT2D eigenvalue weighted by Crippen LogP contribution is 1.80. The van der Waals surface area contributed by atoms with E-state index in [4.69, 9.17) is 14.4 Å². The summed E-state index contributed by atoms with van der Waals surface area (Å²) in [6, 6.07) is 0. The first-order valence-electron chi connectivity index (χ1n) is 1.28. The Hall–Kier alpha value is 0.537. The molecule has 0 heterocycles. The lowest BCUT2D eigenvalue weighted by atomic mass is 11.8. The molecule has 0 atom stereocenters. The fourth-order valence-electron chi connectivity index (χ4n) is 0. The average Bonchev–Trinajstić information content (AvgIpc) is 1.35. The van der Waals surface area contributed by atoms with Crippen molar-refractivity contribution in [3.05, 3.63) is 0 Å². The maximum atomic E-state index is 7.85. The monoisotopic (exact) mass is 190 g/mol. The van der Waals surface area contributed by atoms with Gasteiger partial charge >= 0.3 is 9.05 Å². The minimum Gasteiger partial charge on any atom is -0.368 e. The van der Waals surface area contributed by atoms with Crippen molar-refractivity contribution in [2.45, 2.75) is 0 Å². The average molecular weight is 191 g/mol. The van der Waals surface area contributed by atoms with Crippen molar-refractivity contribution in [2.75, 3.05) is 7.11 Å². The molecule has 0 aliphatic heterocycles. The molecule has 3 N–H and O–H groups in total. The van der Waals surface area contributed by atoms with Gasteiger partial charge in [-0.25, -0.2) is 0 Å². The van der Waals surface area contributed by atoms with Gasteiger partial charge in [0.05, 0.1) is 0 Å². The highest BCUT2D eigenvalue weighted by atomic mass is 79.9. The fourth-order valence-corrected chi connectivity index (χ4v) is 0. The Balaban J connectivity index is 0. The minimum atomic E-state index is -4.13. The minimum absolute atomic E-state index is 0. The van der Waals surface area contributed by atoms with E-state index in [1.807, 2.05) is 0 Å². The van der Waals surface area contributed by atoms with E-state index in [1.165, 1.54) is 0 Å². The molecule has 0 spiro atoms. The highest BCUT2D eigenvalue weighted by Gasteiger charge is 2.27. The summed E-state index contributed by atoms with van der Waals surface area (Å²) in [5.41, 5.74) is 0. The van der Waals surface area contributed by atoms with Crippen LogP contribution in [0.1, 0.15) is 0 Å². The van der Waals surface area contributed by atoms with Crippen LogP contribution in [0.4, 0.5) is 0 Å². The van der Waals surface area contributed by atoms with Gasteiger partial charge in [0.15, 0.2) is 0 Å². The van der Waals surface area contributed by atoms with Crippen LogP contribution in [0.15, 0.2) is 0 Å². The summed E-state index contributed by atoms with van der Waals surface area (Å²) in [7, 11) is -3.11. The van der Waals surface area contributed by atoms with Crippen LogP contribution in [-0.2, 0) is 4.43 Å². The van der Waals surface area contributed by atoms with Crippen LogP contribution in [0.3, 0.4) is 0 Å². The molecule has 0 aromatic heterocycles. The standard InChI is InChI=1S/CH6O4Si.BrH/c1-5-6(2,3)4;/h2-4H,1H3;1H. The molecule has 0 aromatic rings. The zero-order valence-corrected chi connectivity index (χ0v) is 6.37. The van der Waals surface area contributed by atoms with Gasteiger partial charge in [0.2, 0.25) is 0 Å². The molecule has 0 aliphatic carbocycles. The lowest BCUT2D eigenvalue weighted by Crippen LogP contribution is -2.37. The van der Waals surface area contributed by atoms with Crippen molar-refractivity contribution in [3.63, 3.8) is 0 Å². The van der Waals surface area contributed by atoms with Gasteiger partial charge in [0.1, 0.15) is 0 Å².